The van der Waals surface area contributed by atoms with E-state index < -0.39 is 97.5 Å². The van der Waals surface area contributed by atoms with Crippen LogP contribution in [0.15, 0.2) is 24.3 Å². The molecule has 2 unspecified atom stereocenters. The lowest BCUT2D eigenvalue weighted by Gasteiger charge is -2.21. The molecule has 0 aromatic rings. The fraction of sp³-hybridized carbons (Fsp3) is 0.895. The monoisotopic (exact) mass is 1390 g/mol. The number of ether oxygens (including phenoxy) is 4. The van der Waals surface area contributed by atoms with Crippen LogP contribution >= 0.6 is 15.6 Å². The summed E-state index contributed by atoms with van der Waals surface area (Å²) in [6, 6.07) is 0. The Kier molecular flexibility index (Phi) is 65.6. The molecule has 0 bridgehead atoms. The molecule has 5 atom stereocenters. The van der Waals surface area contributed by atoms with E-state index in [1.807, 2.05) is 0 Å². The number of carbonyl (C=O) groups is 4. The normalized spacial score (nSPS) is 14.2. The molecule has 17 nitrogen and oxygen atoms in total. The van der Waals surface area contributed by atoms with Crippen LogP contribution in [-0.2, 0) is 65.4 Å². The smallest absolute Gasteiger partial charge is 0.462 e. The molecule has 560 valence electrons. The SMILES string of the molecule is CCCCCC/C=C\C=C/CCCCCCCC(=O)OC[C@H](COP(=O)(O)OC[C@@H](O)COP(=O)(O)OC[C@@H](COC(=O)CCCCCCCCCC)OC(=O)CCCCCCCCCCC(C)C)OC(=O)CCCCCCCCCCCCCCCCCCCCC(C)C. The van der Waals surface area contributed by atoms with E-state index in [9.17, 15) is 43.2 Å². The molecule has 0 rings (SSSR count). The van der Waals surface area contributed by atoms with Crippen molar-refractivity contribution in [3.8, 4) is 0 Å². The number of phosphoric acid groups is 2. The molecule has 0 aromatic heterocycles. The molecule has 19 heteroatoms. The minimum absolute atomic E-state index is 0.101. The standard InChI is InChI=1S/C76H144O17P2/c1-7-9-11-13-15-17-18-19-24-28-31-34-41-47-53-59-74(79)87-65-72(92-75(80)60-54-48-42-35-32-29-26-23-21-20-22-25-27-30-33-38-44-50-56-68(3)4)67-91-95(84,85)89-63-70(77)62-88-94(82,83)90-66-71(64-86-73(78)58-52-46-40-16-14-12-10-8-2)93-76(81)61-55-49-43-37-36-39-45-51-57-69(5)6/h17-19,24,68-72,77H,7-16,20-23,25-67H2,1-6H3,(H,82,83)(H,84,85)/b18-17-,24-19-/t70-,71+,72+/m0/s1. The predicted molar refractivity (Wildman–Crippen MR) is 386 cm³/mol. The molecule has 3 N–H and O–H groups in total. The first-order valence-electron chi connectivity index (χ1n) is 38.8. The molecule has 0 amide bonds. The van der Waals surface area contributed by atoms with Crippen molar-refractivity contribution < 1.29 is 80.2 Å². The summed E-state index contributed by atoms with van der Waals surface area (Å²) in [5, 5.41) is 10.6. The largest absolute Gasteiger partial charge is 0.472 e. The summed E-state index contributed by atoms with van der Waals surface area (Å²) in [5.74, 6) is -0.616. The van der Waals surface area contributed by atoms with Gasteiger partial charge < -0.3 is 33.8 Å². The van der Waals surface area contributed by atoms with Crippen molar-refractivity contribution in [1.29, 1.82) is 0 Å². The summed E-state index contributed by atoms with van der Waals surface area (Å²) >= 11 is 0. The summed E-state index contributed by atoms with van der Waals surface area (Å²) in [6.45, 7) is 9.49. The van der Waals surface area contributed by atoms with Gasteiger partial charge in [0.1, 0.15) is 19.3 Å². The molecular formula is C76H144O17P2. The lowest BCUT2D eigenvalue weighted by atomic mass is 10.0. The highest BCUT2D eigenvalue weighted by Gasteiger charge is 2.30. The summed E-state index contributed by atoms with van der Waals surface area (Å²) in [6.07, 6.45) is 57.9. The van der Waals surface area contributed by atoms with E-state index in [-0.39, 0.29) is 25.7 Å². The Hall–Kier alpha value is -2.46. The summed E-state index contributed by atoms with van der Waals surface area (Å²) < 4.78 is 68.4. The fourth-order valence-electron chi connectivity index (χ4n) is 11.1. The van der Waals surface area contributed by atoms with Gasteiger partial charge in [-0.25, -0.2) is 9.13 Å². The molecule has 95 heavy (non-hydrogen) atoms. The Morgan fingerprint density at radius 2 is 0.568 bits per heavy atom. The summed E-state index contributed by atoms with van der Waals surface area (Å²) in [5.41, 5.74) is 0. The van der Waals surface area contributed by atoms with E-state index in [4.69, 9.17) is 37.0 Å². The van der Waals surface area contributed by atoms with Gasteiger partial charge in [-0.2, -0.15) is 0 Å². The van der Waals surface area contributed by atoms with E-state index in [1.54, 1.807) is 0 Å². The molecule has 0 saturated carbocycles. The average molecular weight is 1390 g/mol. The zero-order valence-electron chi connectivity index (χ0n) is 61.5. The minimum Gasteiger partial charge on any atom is -0.462 e. The van der Waals surface area contributed by atoms with Gasteiger partial charge >= 0.3 is 39.5 Å². The molecule has 0 radical (unpaired) electrons. The molecule has 0 saturated heterocycles. The Morgan fingerprint density at radius 3 is 0.863 bits per heavy atom. The molecule has 0 heterocycles. The predicted octanol–water partition coefficient (Wildman–Crippen LogP) is 21.9. The highest BCUT2D eigenvalue weighted by atomic mass is 31.2. The molecule has 0 aliphatic heterocycles. The highest BCUT2D eigenvalue weighted by Crippen LogP contribution is 2.45. The van der Waals surface area contributed by atoms with Crippen molar-refractivity contribution in [2.45, 2.75) is 387 Å². The molecule has 0 spiro atoms. The van der Waals surface area contributed by atoms with Gasteiger partial charge in [-0.05, 0) is 63.2 Å². The van der Waals surface area contributed by atoms with Crippen LogP contribution in [0.5, 0.6) is 0 Å². The topological polar surface area (TPSA) is 237 Å². The van der Waals surface area contributed by atoms with Crippen LogP contribution in [0.1, 0.15) is 369 Å². The lowest BCUT2D eigenvalue weighted by Crippen LogP contribution is -2.30. The first-order valence-corrected chi connectivity index (χ1v) is 41.8. The minimum atomic E-state index is -4.96. The van der Waals surface area contributed by atoms with Gasteiger partial charge in [0.2, 0.25) is 0 Å². The molecule has 0 aromatic carbocycles. The summed E-state index contributed by atoms with van der Waals surface area (Å²) in [7, 11) is -9.92. The first-order chi connectivity index (χ1) is 45.9. The van der Waals surface area contributed by atoms with E-state index >= 15 is 0 Å². The maximum atomic E-state index is 13.1. The number of aliphatic hydroxyl groups is 1. The van der Waals surface area contributed by atoms with Crippen molar-refractivity contribution >= 4 is 39.5 Å². The molecule has 0 fully saturated rings. The summed E-state index contributed by atoms with van der Waals surface area (Å²) in [4.78, 5) is 72.6. The van der Waals surface area contributed by atoms with Gasteiger partial charge in [0.15, 0.2) is 12.2 Å². The van der Waals surface area contributed by atoms with Crippen LogP contribution in [0.4, 0.5) is 0 Å². The van der Waals surface area contributed by atoms with Crippen LogP contribution in [0.25, 0.3) is 0 Å². The van der Waals surface area contributed by atoms with E-state index in [0.29, 0.717) is 25.7 Å². The number of aliphatic hydroxyl groups excluding tert-OH is 1. The van der Waals surface area contributed by atoms with Gasteiger partial charge in [0, 0.05) is 25.7 Å². The van der Waals surface area contributed by atoms with E-state index in [0.717, 1.165) is 127 Å². The van der Waals surface area contributed by atoms with Crippen LogP contribution in [0.2, 0.25) is 0 Å². The molecule has 0 aliphatic carbocycles. The van der Waals surface area contributed by atoms with Crippen LogP contribution < -0.4 is 0 Å². The third-order valence-corrected chi connectivity index (χ3v) is 19.0. The first kappa shape index (κ1) is 92.5. The van der Waals surface area contributed by atoms with E-state index in [2.05, 4.69) is 65.8 Å². The molecule has 0 aliphatic rings. The Bertz CT molecular complexity index is 1930. The van der Waals surface area contributed by atoms with Crippen molar-refractivity contribution in [1.82, 2.24) is 0 Å². The quantitative estimate of drug-likeness (QED) is 0.0169. The van der Waals surface area contributed by atoms with Gasteiger partial charge in [-0.1, -0.05) is 316 Å². The number of allylic oxidation sites excluding steroid dienone is 4. The Morgan fingerprint density at radius 1 is 0.326 bits per heavy atom. The number of esters is 4. The third kappa shape index (κ3) is 69.8. The molecular weight excluding hydrogens is 1250 g/mol. The maximum absolute atomic E-state index is 13.1. The van der Waals surface area contributed by atoms with Crippen LogP contribution in [-0.4, -0.2) is 96.7 Å². The van der Waals surface area contributed by atoms with Crippen LogP contribution in [0, 0.1) is 11.8 Å². The number of unbranched alkanes of at least 4 members (excludes halogenated alkanes) is 40. The van der Waals surface area contributed by atoms with Gasteiger partial charge in [0.25, 0.3) is 0 Å². The van der Waals surface area contributed by atoms with Crippen LogP contribution in [0.3, 0.4) is 0 Å². The number of rotatable bonds is 73. The van der Waals surface area contributed by atoms with E-state index in [1.165, 1.54) is 161 Å². The Balaban J connectivity index is 5.21. The van der Waals surface area contributed by atoms with Gasteiger partial charge in [-0.15, -0.1) is 0 Å². The highest BCUT2D eigenvalue weighted by molar-refractivity contribution is 7.47. The van der Waals surface area contributed by atoms with Crippen molar-refractivity contribution in [2.75, 3.05) is 39.6 Å². The maximum Gasteiger partial charge on any atom is 0.472 e. The fourth-order valence-corrected chi connectivity index (χ4v) is 12.7. The number of hydrogen-bond donors (Lipinski definition) is 3. The third-order valence-electron chi connectivity index (χ3n) is 17.1. The van der Waals surface area contributed by atoms with Gasteiger partial charge in [0.05, 0.1) is 26.4 Å². The lowest BCUT2D eigenvalue weighted by molar-refractivity contribution is -0.161. The van der Waals surface area contributed by atoms with Crippen molar-refractivity contribution in [3.05, 3.63) is 24.3 Å². The zero-order chi connectivity index (χ0) is 70.0. The number of hydrogen-bond acceptors (Lipinski definition) is 15. The number of phosphoric ester groups is 2. The Labute approximate surface area is 580 Å². The van der Waals surface area contributed by atoms with Crippen molar-refractivity contribution in [3.63, 3.8) is 0 Å². The second kappa shape index (κ2) is 67.4. The zero-order valence-corrected chi connectivity index (χ0v) is 63.2. The number of carbonyl (C=O) groups excluding carboxylic acids is 4. The van der Waals surface area contributed by atoms with Gasteiger partial charge in [-0.3, -0.25) is 37.3 Å². The second-order valence-electron chi connectivity index (χ2n) is 27.7. The average Bonchev–Trinajstić information content (AvgIpc) is 1.79. The second-order valence-corrected chi connectivity index (χ2v) is 30.6. The van der Waals surface area contributed by atoms with Crippen molar-refractivity contribution in [2.24, 2.45) is 11.8 Å².